The van der Waals surface area contributed by atoms with Gasteiger partial charge in [0, 0.05) is 36.3 Å². The molecule has 1 saturated carbocycles. The Morgan fingerprint density at radius 2 is 1.83 bits per heavy atom. The number of hydrogen-bond acceptors (Lipinski definition) is 5. The Balaban J connectivity index is 1.17. The first-order chi connectivity index (χ1) is 16.6. The van der Waals surface area contributed by atoms with Crippen molar-refractivity contribution < 1.29 is 27.9 Å². The van der Waals surface area contributed by atoms with E-state index in [0.717, 1.165) is 68.4 Å². The molecule has 3 N–H and O–H groups in total. The predicted molar refractivity (Wildman–Crippen MR) is 123 cm³/mol. The Kier molecular flexibility index (Phi) is 7.30. The van der Waals surface area contributed by atoms with E-state index in [9.17, 15) is 27.9 Å². The van der Waals surface area contributed by atoms with E-state index in [2.05, 4.69) is 20.5 Å². The van der Waals surface area contributed by atoms with E-state index in [1.165, 1.54) is 6.07 Å². The highest BCUT2D eigenvalue weighted by molar-refractivity contribution is 5.96. The molecule has 2 heterocycles. The third-order valence-electron chi connectivity index (χ3n) is 6.78. The van der Waals surface area contributed by atoms with E-state index in [0.29, 0.717) is 6.04 Å². The number of carbonyl (C=O) groups is 2. The molecule has 0 radical (unpaired) electrons. The van der Waals surface area contributed by atoms with Gasteiger partial charge in [-0.15, -0.1) is 0 Å². The fourth-order valence-corrected chi connectivity index (χ4v) is 4.86. The number of carbonyl (C=O) groups excluding carboxylic acids is 2. The summed E-state index contributed by atoms with van der Waals surface area (Å²) in [5.41, 5.74) is 0.619. The molecule has 0 unspecified atom stereocenters. The molecule has 2 aromatic rings. The number of hydrogen-bond donors (Lipinski definition) is 3. The van der Waals surface area contributed by atoms with Crippen molar-refractivity contribution in [1.29, 1.82) is 0 Å². The molecular weight excluding hydrogens is 461 g/mol. The van der Waals surface area contributed by atoms with Crippen LogP contribution in [0.3, 0.4) is 0 Å². The van der Waals surface area contributed by atoms with Gasteiger partial charge in [-0.1, -0.05) is 6.07 Å². The molecule has 4 rings (SSSR count). The van der Waals surface area contributed by atoms with E-state index in [-0.39, 0.29) is 35.7 Å². The number of pyridine rings is 1. The lowest BCUT2D eigenvalue weighted by molar-refractivity contribution is -0.137. The van der Waals surface area contributed by atoms with Crippen molar-refractivity contribution in [1.82, 2.24) is 20.5 Å². The molecular formula is C25H29F3N4O3. The van der Waals surface area contributed by atoms with Gasteiger partial charge in [-0.2, -0.15) is 13.2 Å². The van der Waals surface area contributed by atoms with Gasteiger partial charge >= 0.3 is 6.18 Å². The largest absolute Gasteiger partial charge is 0.506 e. The smallest absolute Gasteiger partial charge is 0.416 e. The summed E-state index contributed by atoms with van der Waals surface area (Å²) in [6.07, 6.45) is -0.656. The lowest BCUT2D eigenvalue weighted by atomic mass is 9.82. The number of aromatic hydroxyl groups is 1. The summed E-state index contributed by atoms with van der Waals surface area (Å²) in [6, 6.07) is 8.00. The molecule has 10 heteroatoms. The van der Waals surface area contributed by atoms with Crippen molar-refractivity contribution in [3.63, 3.8) is 0 Å². The van der Waals surface area contributed by atoms with Gasteiger partial charge in [0.25, 0.3) is 5.91 Å². The van der Waals surface area contributed by atoms with E-state index < -0.39 is 17.6 Å². The van der Waals surface area contributed by atoms with Crippen LogP contribution in [0.15, 0.2) is 36.4 Å². The van der Waals surface area contributed by atoms with Gasteiger partial charge in [0.05, 0.1) is 23.8 Å². The first kappa shape index (κ1) is 25.0. The highest BCUT2D eigenvalue weighted by Crippen LogP contribution is 2.38. The van der Waals surface area contributed by atoms with Crippen LogP contribution >= 0.6 is 0 Å². The number of benzene rings is 1. The molecule has 2 fully saturated rings. The molecule has 1 saturated heterocycles. The van der Waals surface area contributed by atoms with E-state index >= 15 is 0 Å². The number of nitrogens with zero attached hydrogens (tertiary/aromatic N) is 2. The third-order valence-corrected chi connectivity index (χ3v) is 6.78. The minimum absolute atomic E-state index is 0.0202. The van der Waals surface area contributed by atoms with Crippen LogP contribution in [0, 0.1) is 6.92 Å². The molecule has 7 nitrogen and oxygen atoms in total. The topological polar surface area (TPSA) is 94.6 Å². The quantitative estimate of drug-likeness (QED) is 0.577. The van der Waals surface area contributed by atoms with Gasteiger partial charge in [0.2, 0.25) is 5.91 Å². The van der Waals surface area contributed by atoms with Gasteiger partial charge in [0.15, 0.2) is 0 Å². The zero-order valence-corrected chi connectivity index (χ0v) is 19.4. The summed E-state index contributed by atoms with van der Waals surface area (Å²) in [5, 5.41) is 15.4. The SMILES string of the molecule is Cc1ccc(O)c([C@H]2CC[C@@H](N3CC(NC(=O)CNC(=O)c4cccc(C(F)(F)F)c4)C3)CC2)n1. The van der Waals surface area contributed by atoms with Gasteiger partial charge in [-0.3, -0.25) is 19.5 Å². The number of rotatable bonds is 6. The second-order valence-corrected chi connectivity index (χ2v) is 9.34. The predicted octanol–water partition coefficient (Wildman–Crippen LogP) is 3.37. The monoisotopic (exact) mass is 490 g/mol. The van der Waals surface area contributed by atoms with Crippen LogP contribution in [-0.2, 0) is 11.0 Å². The van der Waals surface area contributed by atoms with Gasteiger partial charge in [-0.25, -0.2) is 0 Å². The fraction of sp³-hybridized carbons (Fsp3) is 0.480. The van der Waals surface area contributed by atoms with Crippen LogP contribution in [-0.4, -0.2) is 58.5 Å². The summed E-state index contributed by atoms with van der Waals surface area (Å²) < 4.78 is 38.4. The van der Waals surface area contributed by atoms with Gasteiger partial charge in [0.1, 0.15) is 5.75 Å². The number of halogens is 3. The van der Waals surface area contributed by atoms with E-state index in [1.807, 2.05) is 6.92 Å². The maximum atomic E-state index is 12.8. The van der Waals surface area contributed by atoms with Crippen LogP contribution in [0.2, 0.25) is 0 Å². The standard InChI is InChI=1S/C25H29F3N4O3/c1-15-5-10-21(33)23(30-15)16-6-8-20(9-7-16)32-13-19(14-32)31-22(34)12-29-24(35)17-3-2-4-18(11-17)25(26,27)28/h2-5,10-11,16,19-20,33H,6-9,12-14H2,1H3,(H,29,35)(H,31,34)/t16-,20+. The summed E-state index contributed by atoms with van der Waals surface area (Å²) in [5.74, 6) is -0.596. The lowest BCUT2D eigenvalue weighted by Gasteiger charge is -2.46. The fourth-order valence-electron chi connectivity index (χ4n) is 4.86. The number of likely N-dealkylation sites (tertiary alicyclic amines) is 1. The molecule has 0 spiro atoms. The summed E-state index contributed by atoms with van der Waals surface area (Å²) in [7, 11) is 0. The Morgan fingerprint density at radius 3 is 2.51 bits per heavy atom. The minimum atomic E-state index is -4.54. The Hall–Kier alpha value is -3.14. The third kappa shape index (κ3) is 6.11. The molecule has 0 atom stereocenters. The molecule has 1 aromatic heterocycles. The summed E-state index contributed by atoms with van der Waals surface area (Å²) in [4.78, 5) is 31.2. The molecule has 1 aliphatic heterocycles. The normalized spacial score (nSPS) is 21.3. The van der Waals surface area contributed by atoms with Crippen molar-refractivity contribution in [2.75, 3.05) is 19.6 Å². The van der Waals surface area contributed by atoms with E-state index in [1.54, 1.807) is 12.1 Å². The Morgan fingerprint density at radius 1 is 1.11 bits per heavy atom. The first-order valence-electron chi connectivity index (χ1n) is 11.8. The number of alkyl halides is 3. The Labute approximate surface area is 201 Å². The second kappa shape index (κ2) is 10.2. The average Bonchev–Trinajstić information content (AvgIpc) is 2.81. The van der Waals surface area contributed by atoms with Crippen LogP contribution in [0.25, 0.3) is 0 Å². The van der Waals surface area contributed by atoms with Crippen LogP contribution in [0.4, 0.5) is 13.2 Å². The number of aromatic nitrogens is 1. The zero-order valence-electron chi connectivity index (χ0n) is 19.4. The molecule has 35 heavy (non-hydrogen) atoms. The van der Waals surface area contributed by atoms with Crippen LogP contribution in [0.5, 0.6) is 5.75 Å². The van der Waals surface area contributed by atoms with Crippen molar-refractivity contribution >= 4 is 11.8 Å². The molecule has 0 bridgehead atoms. The van der Waals surface area contributed by atoms with Crippen molar-refractivity contribution in [2.24, 2.45) is 0 Å². The lowest BCUT2D eigenvalue weighted by Crippen LogP contribution is -2.63. The van der Waals surface area contributed by atoms with Crippen molar-refractivity contribution in [2.45, 2.75) is 56.8 Å². The molecule has 188 valence electrons. The highest BCUT2D eigenvalue weighted by atomic mass is 19.4. The molecule has 1 aromatic carbocycles. The number of nitrogens with one attached hydrogen (secondary N) is 2. The van der Waals surface area contributed by atoms with Gasteiger partial charge < -0.3 is 15.7 Å². The maximum Gasteiger partial charge on any atom is 0.416 e. The summed E-state index contributed by atoms with van der Waals surface area (Å²) >= 11 is 0. The Bertz CT molecular complexity index is 1080. The highest BCUT2D eigenvalue weighted by Gasteiger charge is 2.36. The molecule has 2 aliphatic rings. The van der Waals surface area contributed by atoms with E-state index in [4.69, 9.17) is 0 Å². The summed E-state index contributed by atoms with van der Waals surface area (Å²) in [6.45, 7) is 3.05. The zero-order chi connectivity index (χ0) is 25.2. The number of amides is 2. The van der Waals surface area contributed by atoms with Gasteiger partial charge in [-0.05, 0) is 62.9 Å². The van der Waals surface area contributed by atoms with Crippen LogP contribution in [0.1, 0.15) is 58.9 Å². The van der Waals surface area contributed by atoms with Crippen molar-refractivity contribution in [3.05, 3.63) is 58.9 Å². The maximum absolute atomic E-state index is 12.8. The second-order valence-electron chi connectivity index (χ2n) is 9.34. The minimum Gasteiger partial charge on any atom is -0.506 e. The average molecular weight is 491 g/mol. The number of aryl methyl sites for hydroxylation is 1. The van der Waals surface area contributed by atoms with Crippen molar-refractivity contribution in [3.8, 4) is 5.75 Å². The first-order valence-corrected chi connectivity index (χ1v) is 11.8. The molecule has 2 amide bonds. The van der Waals surface area contributed by atoms with Crippen LogP contribution < -0.4 is 10.6 Å². The molecule has 1 aliphatic carbocycles.